The number of piperidine rings is 1. The smallest absolute Gasteiger partial charge is 0.318 e. The zero-order chi connectivity index (χ0) is 20.2. The van der Waals surface area contributed by atoms with Gasteiger partial charge in [0.2, 0.25) is 11.8 Å². The van der Waals surface area contributed by atoms with Gasteiger partial charge >= 0.3 is 6.01 Å². The first-order chi connectivity index (χ1) is 14.1. The molecule has 29 heavy (non-hydrogen) atoms. The summed E-state index contributed by atoms with van der Waals surface area (Å²) >= 11 is 0. The molecule has 2 aromatic carbocycles. The van der Waals surface area contributed by atoms with E-state index in [1.54, 1.807) is 0 Å². The van der Waals surface area contributed by atoms with Gasteiger partial charge in [-0.1, -0.05) is 52.6 Å². The van der Waals surface area contributed by atoms with Crippen molar-refractivity contribution in [3.05, 3.63) is 65.2 Å². The summed E-state index contributed by atoms with van der Waals surface area (Å²) in [6.07, 6.45) is 1.56. The van der Waals surface area contributed by atoms with Crippen LogP contribution in [-0.4, -0.2) is 29.2 Å². The molecule has 1 aliphatic rings. The van der Waals surface area contributed by atoms with Crippen LogP contribution < -0.4 is 10.2 Å². The fraction of sp³-hybridized carbons (Fsp3) is 0.348. The molecule has 2 heterocycles. The van der Waals surface area contributed by atoms with Crippen LogP contribution in [0.4, 0.5) is 6.01 Å². The first kappa shape index (κ1) is 19.2. The second kappa shape index (κ2) is 8.47. The number of aromatic nitrogens is 2. The quantitative estimate of drug-likeness (QED) is 0.716. The van der Waals surface area contributed by atoms with Gasteiger partial charge in [0.15, 0.2) is 0 Å². The third-order valence-electron chi connectivity index (χ3n) is 5.44. The molecule has 3 aromatic rings. The van der Waals surface area contributed by atoms with E-state index in [2.05, 4.69) is 51.6 Å². The first-order valence-electron chi connectivity index (χ1n) is 10.1. The van der Waals surface area contributed by atoms with Gasteiger partial charge in [0.05, 0.1) is 0 Å². The molecule has 0 unspecified atom stereocenters. The van der Waals surface area contributed by atoms with E-state index in [0.717, 1.165) is 37.1 Å². The number of benzene rings is 2. The summed E-state index contributed by atoms with van der Waals surface area (Å²) in [4.78, 5) is 14.6. The number of nitrogens with zero attached hydrogens (tertiary/aromatic N) is 3. The molecule has 6 heteroatoms. The molecule has 0 saturated carbocycles. The lowest BCUT2D eigenvalue weighted by molar-refractivity contribution is -0.125. The Hall–Kier alpha value is -3.15. The number of rotatable bonds is 5. The third-order valence-corrected chi connectivity index (χ3v) is 5.44. The standard InChI is InChI=1S/C23H26N4O2/c1-16-3-7-18(8-4-16)15-24-21(28)19-11-13-27(14-12-19)23-26-25-22(29-23)20-9-5-17(2)6-10-20/h3-10,19H,11-15H2,1-2H3,(H,24,28). The molecule has 1 amide bonds. The van der Waals surface area contributed by atoms with E-state index in [9.17, 15) is 4.79 Å². The summed E-state index contributed by atoms with van der Waals surface area (Å²) in [5, 5.41) is 11.4. The fourth-order valence-corrected chi connectivity index (χ4v) is 3.53. The van der Waals surface area contributed by atoms with Crippen LogP contribution in [0.25, 0.3) is 11.5 Å². The van der Waals surface area contributed by atoms with Crippen LogP contribution in [0.2, 0.25) is 0 Å². The van der Waals surface area contributed by atoms with E-state index in [0.29, 0.717) is 18.5 Å². The van der Waals surface area contributed by atoms with Crippen LogP contribution in [0.1, 0.15) is 29.5 Å². The Labute approximate surface area is 170 Å². The number of hydrogen-bond donors (Lipinski definition) is 1. The molecule has 1 aromatic heterocycles. The second-order valence-corrected chi connectivity index (χ2v) is 7.72. The summed E-state index contributed by atoms with van der Waals surface area (Å²) < 4.78 is 5.86. The summed E-state index contributed by atoms with van der Waals surface area (Å²) in [6.45, 7) is 6.15. The van der Waals surface area contributed by atoms with Crippen molar-refractivity contribution in [3.8, 4) is 11.5 Å². The Balaban J connectivity index is 1.29. The van der Waals surface area contributed by atoms with Crippen molar-refractivity contribution in [2.75, 3.05) is 18.0 Å². The van der Waals surface area contributed by atoms with Gasteiger partial charge in [-0.25, -0.2) is 0 Å². The SMILES string of the molecule is Cc1ccc(CNC(=O)C2CCN(c3nnc(-c4ccc(C)cc4)o3)CC2)cc1. The average molecular weight is 390 g/mol. The van der Waals surface area contributed by atoms with Gasteiger partial charge in [0.1, 0.15) is 0 Å². The maximum absolute atomic E-state index is 12.5. The summed E-state index contributed by atoms with van der Waals surface area (Å²) in [6, 6.07) is 16.8. The Morgan fingerprint density at radius 2 is 1.62 bits per heavy atom. The van der Waals surface area contributed by atoms with Gasteiger partial charge in [0.25, 0.3) is 0 Å². The Morgan fingerprint density at radius 3 is 2.28 bits per heavy atom. The van der Waals surface area contributed by atoms with E-state index >= 15 is 0 Å². The van der Waals surface area contributed by atoms with E-state index in [1.165, 1.54) is 11.1 Å². The molecule has 6 nitrogen and oxygen atoms in total. The van der Waals surface area contributed by atoms with Crippen molar-refractivity contribution >= 4 is 11.9 Å². The van der Waals surface area contributed by atoms with E-state index in [-0.39, 0.29) is 11.8 Å². The molecule has 4 rings (SSSR count). The van der Waals surface area contributed by atoms with E-state index < -0.39 is 0 Å². The van der Waals surface area contributed by atoms with Gasteiger partial charge < -0.3 is 14.6 Å². The third kappa shape index (κ3) is 4.65. The number of anilines is 1. The van der Waals surface area contributed by atoms with E-state index in [1.807, 2.05) is 31.2 Å². The first-order valence-corrected chi connectivity index (χ1v) is 10.1. The number of hydrogen-bond acceptors (Lipinski definition) is 5. The van der Waals surface area contributed by atoms with Crippen molar-refractivity contribution in [1.29, 1.82) is 0 Å². The highest BCUT2D eigenvalue weighted by Gasteiger charge is 2.27. The molecule has 0 atom stereocenters. The molecule has 1 saturated heterocycles. The normalized spacial score (nSPS) is 14.8. The predicted octanol–water partition coefficient (Wildman–Crippen LogP) is 3.89. The monoisotopic (exact) mass is 390 g/mol. The summed E-state index contributed by atoms with van der Waals surface area (Å²) in [5.41, 5.74) is 4.45. The maximum Gasteiger partial charge on any atom is 0.318 e. The highest BCUT2D eigenvalue weighted by Crippen LogP contribution is 2.26. The zero-order valence-electron chi connectivity index (χ0n) is 16.9. The highest BCUT2D eigenvalue weighted by atomic mass is 16.4. The number of carbonyl (C=O) groups excluding carboxylic acids is 1. The van der Waals surface area contributed by atoms with Crippen LogP contribution in [0.15, 0.2) is 52.9 Å². The number of nitrogens with one attached hydrogen (secondary N) is 1. The maximum atomic E-state index is 12.5. The molecule has 150 valence electrons. The lowest BCUT2D eigenvalue weighted by atomic mass is 9.96. The summed E-state index contributed by atoms with van der Waals surface area (Å²) in [5.74, 6) is 0.672. The van der Waals surface area contributed by atoms with Crippen molar-refractivity contribution in [2.45, 2.75) is 33.2 Å². The Kier molecular flexibility index (Phi) is 5.60. The molecule has 1 N–H and O–H groups in total. The Bertz CT molecular complexity index is 955. The molecule has 1 fully saturated rings. The van der Waals surface area contributed by atoms with Crippen molar-refractivity contribution < 1.29 is 9.21 Å². The minimum absolute atomic E-state index is 0.0242. The van der Waals surface area contributed by atoms with Crippen molar-refractivity contribution in [2.24, 2.45) is 5.92 Å². The van der Waals surface area contributed by atoms with Gasteiger partial charge in [-0.15, -0.1) is 5.10 Å². The number of aryl methyl sites for hydroxylation is 2. The van der Waals surface area contributed by atoms with Gasteiger partial charge in [0, 0.05) is 31.1 Å². The molecule has 0 radical (unpaired) electrons. The van der Waals surface area contributed by atoms with Gasteiger partial charge in [-0.3, -0.25) is 4.79 Å². The van der Waals surface area contributed by atoms with Crippen molar-refractivity contribution in [3.63, 3.8) is 0 Å². The largest absolute Gasteiger partial charge is 0.403 e. The zero-order valence-corrected chi connectivity index (χ0v) is 16.9. The lowest BCUT2D eigenvalue weighted by Gasteiger charge is -2.29. The topological polar surface area (TPSA) is 71.3 Å². The minimum atomic E-state index is 0.0242. The van der Waals surface area contributed by atoms with E-state index in [4.69, 9.17) is 4.42 Å². The molecular formula is C23H26N4O2. The molecule has 0 aliphatic carbocycles. The van der Waals surface area contributed by atoms with Crippen LogP contribution >= 0.6 is 0 Å². The average Bonchev–Trinajstić information content (AvgIpc) is 3.24. The van der Waals surface area contributed by atoms with Gasteiger partial charge in [-0.05, 0) is 44.4 Å². The molecule has 0 bridgehead atoms. The summed E-state index contributed by atoms with van der Waals surface area (Å²) in [7, 11) is 0. The number of carbonyl (C=O) groups is 1. The predicted molar refractivity (Wildman–Crippen MR) is 112 cm³/mol. The molecule has 0 spiro atoms. The van der Waals surface area contributed by atoms with Crippen molar-refractivity contribution in [1.82, 2.24) is 15.5 Å². The fourth-order valence-electron chi connectivity index (χ4n) is 3.53. The van der Waals surface area contributed by atoms with Crippen LogP contribution in [0.3, 0.4) is 0 Å². The Morgan fingerprint density at radius 1 is 1.00 bits per heavy atom. The van der Waals surface area contributed by atoms with Gasteiger partial charge in [-0.2, -0.15) is 0 Å². The minimum Gasteiger partial charge on any atom is -0.403 e. The van der Waals surface area contributed by atoms with Crippen LogP contribution in [0.5, 0.6) is 0 Å². The molecular weight excluding hydrogens is 364 g/mol. The lowest BCUT2D eigenvalue weighted by Crippen LogP contribution is -2.40. The van der Waals surface area contributed by atoms with Crippen LogP contribution in [0, 0.1) is 19.8 Å². The molecule has 1 aliphatic heterocycles. The number of amides is 1. The second-order valence-electron chi connectivity index (χ2n) is 7.72. The highest BCUT2D eigenvalue weighted by molar-refractivity contribution is 5.78. The van der Waals surface area contributed by atoms with Crippen LogP contribution in [-0.2, 0) is 11.3 Å².